The Kier molecular flexibility index (Phi) is 8.28. The summed E-state index contributed by atoms with van der Waals surface area (Å²) in [5.74, 6) is -0.0852. The lowest BCUT2D eigenvalue weighted by molar-refractivity contribution is -0.115. The molecule has 3 aromatic rings. The van der Waals surface area contributed by atoms with Crippen LogP contribution < -0.4 is 10.6 Å². The maximum atomic E-state index is 12.3. The van der Waals surface area contributed by atoms with E-state index in [4.69, 9.17) is 0 Å². The summed E-state index contributed by atoms with van der Waals surface area (Å²) in [5, 5.41) is 21.2. The Bertz CT molecular complexity index is 1050. The van der Waals surface area contributed by atoms with Gasteiger partial charge in [-0.15, -0.1) is 10.2 Å². The van der Waals surface area contributed by atoms with Crippen LogP contribution >= 0.6 is 0 Å². The predicted molar refractivity (Wildman–Crippen MR) is 119 cm³/mol. The number of aryl methyl sites for hydroxylation is 2. The second-order valence-corrected chi connectivity index (χ2v) is 8.52. The number of rotatable bonds is 10. The smallest absolute Gasteiger partial charge is 0.273 e. The van der Waals surface area contributed by atoms with Crippen molar-refractivity contribution < 1.29 is 14.1 Å². The van der Waals surface area contributed by atoms with Crippen molar-refractivity contribution in [1.29, 1.82) is 0 Å². The summed E-state index contributed by atoms with van der Waals surface area (Å²) >= 11 is -1.09. The van der Waals surface area contributed by atoms with Crippen LogP contribution in [0.2, 0.25) is 0 Å². The van der Waals surface area contributed by atoms with Crippen LogP contribution in [0.1, 0.15) is 34.6 Å². The molecule has 0 saturated carbocycles. The molecule has 0 aliphatic carbocycles. The van der Waals surface area contributed by atoms with Gasteiger partial charge in [-0.25, -0.2) is 0 Å². The number of aromatic nitrogens is 5. The molecular weight excluding hydrogens is 430 g/mol. The summed E-state index contributed by atoms with van der Waals surface area (Å²) in [6.07, 6.45) is 5.84. The first-order chi connectivity index (χ1) is 15.4. The molecule has 1 atom stereocenters. The van der Waals surface area contributed by atoms with E-state index in [2.05, 4.69) is 31.1 Å². The van der Waals surface area contributed by atoms with Gasteiger partial charge in [0.2, 0.25) is 5.91 Å². The summed E-state index contributed by atoms with van der Waals surface area (Å²) in [7, 11) is 1.55. The molecular formula is C21H25N7O3S. The highest BCUT2D eigenvalue weighted by molar-refractivity contribution is 7.90. The number of carbonyl (C=O) groups is 2. The van der Waals surface area contributed by atoms with E-state index in [0.717, 1.165) is 30.5 Å². The van der Waals surface area contributed by atoms with Crippen molar-refractivity contribution in [3.8, 4) is 0 Å². The fraction of sp³-hybridized carbons (Fsp3) is 0.333. The van der Waals surface area contributed by atoms with Crippen LogP contribution in [0.4, 0.5) is 5.82 Å². The second kappa shape index (κ2) is 11.3. The van der Waals surface area contributed by atoms with E-state index in [-0.39, 0.29) is 18.2 Å². The Labute approximate surface area is 189 Å². The van der Waals surface area contributed by atoms with E-state index in [1.54, 1.807) is 48.4 Å². The highest BCUT2D eigenvalue weighted by Gasteiger charge is 2.10. The fourth-order valence-corrected chi connectivity index (χ4v) is 3.57. The zero-order chi connectivity index (χ0) is 22.9. The van der Waals surface area contributed by atoms with Crippen LogP contribution in [-0.4, -0.2) is 54.9 Å². The molecule has 32 heavy (non-hydrogen) atoms. The second-order valence-electron chi connectivity index (χ2n) is 7.14. The summed E-state index contributed by atoms with van der Waals surface area (Å²) in [4.78, 5) is 24.4. The topological polar surface area (TPSA) is 138 Å². The molecule has 0 aliphatic rings. The molecule has 1 unspecified atom stereocenters. The monoisotopic (exact) mass is 455 g/mol. The van der Waals surface area contributed by atoms with Crippen LogP contribution in [0.15, 0.2) is 47.5 Å². The zero-order valence-corrected chi connectivity index (χ0v) is 18.8. The van der Waals surface area contributed by atoms with Crippen molar-refractivity contribution in [2.24, 2.45) is 0 Å². The molecule has 0 bridgehead atoms. The third-order valence-electron chi connectivity index (χ3n) is 4.65. The molecule has 11 heteroatoms. The van der Waals surface area contributed by atoms with Gasteiger partial charge < -0.3 is 15.2 Å². The summed E-state index contributed by atoms with van der Waals surface area (Å²) in [6.45, 7) is 0.651. The molecule has 0 saturated heterocycles. The van der Waals surface area contributed by atoms with E-state index < -0.39 is 11.2 Å². The fourth-order valence-electron chi connectivity index (χ4n) is 2.99. The van der Waals surface area contributed by atoms with Gasteiger partial charge >= 0.3 is 0 Å². The van der Waals surface area contributed by atoms with Crippen LogP contribution in [0, 0.1) is 0 Å². The first-order valence-electron chi connectivity index (χ1n) is 10.1. The Hall–Kier alpha value is -3.31. The lowest BCUT2D eigenvalue weighted by atomic mass is 10.1. The standard InChI is InChI=1S/C21H25N7O3S/c1-22-21(30)18-14-28(27-25-18)11-4-3-7-16-9-10-19(26-24-16)23-20(29)13-15-6-5-8-17(12-15)32(2)31/h5-6,8-10,12,14H,3-4,7,11,13H2,1-2H3,(H,22,30)(H,23,26,29). The number of nitrogens with one attached hydrogen (secondary N) is 2. The molecule has 0 radical (unpaired) electrons. The minimum atomic E-state index is -1.09. The highest BCUT2D eigenvalue weighted by Crippen LogP contribution is 2.13. The van der Waals surface area contributed by atoms with Crippen molar-refractivity contribution in [1.82, 2.24) is 30.5 Å². The van der Waals surface area contributed by atoms with Crippen LogP contribution in [0.25, 0.3) is 0 Å². The average molecular weight is 456 g/mol. The van der Waals surface area contributed by atoms with Gasteiger partial charge in [0, 0.05) is 13.6 Å². The van der Waals surface area contributed by atoms with Crippen LogP contribution in [-0.2, 0) is 35.4 Å². The maximum absolute atomic E-state index is 12.3. The molecule has 10 nitrogen and oxygen atoms in total. The van der Waals surface area contributed by atoms with Crippen molar-refractivity contribution in [2.75, 3.05) is 18.6 Å². The van der Waals surface area contributed by atoms with Gasteiger partial charge in [0.25, 0.3) is 5.91 Å². The van der Waals surface area contributed by atoms with Gasteiger partial charge in [0.1, 0.15) is 6.26 Å². The largest absolute Gasteiger partial charge is 0.612 e. The molecule has 1 aromatic carbocycles. The van der Waals surface area contributed by atoms with E-state index in [9.17, 15) is 14.1 Å². The third kappa shape index (κ3) is 6.86. The normalized spacial score (nSPS) is 11.7. The molecule has 0 aliphatic heterocycles. The van der Waals surface area contributed by atoms with Crippen molar-refractivity contribution in [3.63, 3.8) is 0 Å². The minimum Gasteiger partial charge on any atom is -0.612 e. The molecule has 0 spiro atoms. The molecule has 0 fully saturated rings. The SMILES string of the molecule is CNC(=O)c1cn(CCCCc2ccc(NC(=O)Cc3cccc([S+](C)[O-])c3)nn2)nn1. The Morgan fingerprint density at radius 3 is 2.69 bits per heavy atom. The van der Waals surface area contributed by atoms with Crippen molar-refractivity contribution in [3.05, 3.63) is 59.5 Å². The maximum Gasteiger partial charge on any atom is 0.273 e. The van der Waals surface area contributed by atoms with Gasteiger partial charge in [0.15, 0.2) is 16.4 Å². The van der Waals surface area contributed by atoms with Gasteiger partial charge in [-0.2, -0.15) is 5.10 Å². The molecule has 2 amide bonds. The Balaban J connectivity index is 1.41. The number of amides is 2. The van der Waals surface area contributed by atoms with E-state index >= 15 is 0 Å². The lowest BCUT2D eigenvalue weighted by Gasteiger charge is -2.07. The Morgan fingerprint density at radius 1 is 1.12 bits per heavy atom. The summed E-state index contributed by atoms with van der Waals surface area (Å²) in [5.41, 5.74) is 1.91. The first-order valence-corrected chi connectivity index (χ1v) is 11.7. The lowest BCUT2D eigenvalue weighted by Crippen LogP contribution is -2.18. The first kappa shape index (κ1) is 23.4. The zero-order valence-electron chi connectivity index (χ0n) is 17.9. The number of benzene rings is 1. The average Bonchev–Trinajstić information content (AvgIpc) is 3.26. The van der Waals surface area contributed by atoms with E-state index in [1.807, 2.05) is 12.1 Å². The minimum absolute atomic E-state index is 0.165. The number of unbranched alkanes of at least 4 members (excludes halogenated alkanes) is 1. The van der Waals surface area contributed by atoms with Gasteiger partial charge in [-0.3, -0.25) is 14.3 Å². The summed E-state index contributed by atoms with van der Waals surface area (Å²) in [6, 6.07) is 10.7. The number of anilines is 1. The van der Waals surface area contributed by atoms with Crippen molar-refractivity contribution in [2.45, 2.75) is 37.1 Å². The van der Waals surface area contributed by atoms with E-state index in [0.29, 0.717) is 23.0 Å². The molecule has 2 aromatic heterocycles. The van der Waals surface area contributed by atoms with E-state index in [1.165, 1.54) is 0 Å². The third-order valence-corrected chi connectivity index (χ3v) is 5.57. The number of nitrogens with zero attached hydrogens (tertiary/aromatic N) is 5. The number of hydrogen-bond donors (Lipinski definition) is 2. The van der Waals surface area contributed by atoms with Gasteiger partial charge in [0.05, 0.1) is 18.3 Å². The highest BCUT2D eigenvalue weighted by atomic mass is 32.2. The van der Waals surface area contributed by atoms with Crippen LogP contribution in [0.3, 0.4) is 0 Å². The molecule has 168 valence electrons. The van der Waals surface area contributed by atoms with Crippen molar-refractivity contribution >= 4 is 28.8 Å². The molecule has 3 rings (SSSR count). The van der Waals surface area contributed by atoms with Gasteiger partial charge in [-0.05, 0) is 60.3 Å². The molecule has 2 heterocycles. The predicted octanol–water partition coefficient (Wildman–Crippen LogP) is 1.37. The molecule has 2 N–H and O–H groups in total. The quantitative estimate of drug-likeness (QED) is 0.348. The van der Waals surface area contributed by atoms with Gasteiger partial charge in [-0.1, -0.05) is 17.3 Å². The summed E-state index contributed by atoms with van der Waals surface area (Å²) < 4.78 is 13.2. The Morgan fingerprint density at radius 2 is 1.97 bits per heavy atom. The number of hydrogen-bond acceptors (Lipinski definition) is 7. The van der Waals surface area contributed by atoms with Crippen LogP contribution in [0.5, 0.6) is 0 Å². The number of carbonyl (C=O) groups excluding carboxylic acids is 2.